The number of sulfonamides is 1. The number of nitrogens with one attached hydrogen (secondary N) is 1. The highest BCUT2D eigenvalue weighted by Gasteiger charge is 2.49. The molecular formula is C19H23ClN2O2S. The maximum atomic E-state index is 13.1. The van der Waals surface area contributed by atoms with Crippen molar-refractivity contribution in [3.63, 3.8) is 0 Å². The summed E-state index contributed by atoms with van der Waals surface area (Å²) in [7, 11) is -3.35. The number of halogens is 1. The van der Waals surface area contributed by atoms with Crippen molar-refractivity contribution < 1.29 is 8.42 Å². The molecule has 4 rings (SSSR count). The minimum atomic E-state index is -3.35. The highest BCUT2D eigenvalue weighted by molar-refractivity contribution is 7.88. The van der Waals surface area contributed by atoms with Crippen LogP contribution in [0.4, 0.5) is 0 Å². The molecule has 0 bridgehead atoms. The average molecular weight is 379 g/mol. The molecule has 2 aliphatic rings. The van der Waals surface area contributed by atoms with Gasteiger partial charge in [-0.1, -0.05) is 60.7 Å². The Morgan fingerprint density at radius 1 is 0.960 bits per heavy atom. The summed E-state index contributed by atoms with van der Waals surface area (Å²) in [4.78, 5) is 0. The van der Waals surface area contributed by atoms with Crippen molar-refractivity contribution in [2.24, 2.45) is 11.8 Å². The second kappa shape index (κ2) is 7.46. The van der Waals surface area contributed by atoms with Crippen molar-refractivity contribution in [3.8, 4) is 0 Å². The topological polar surface area (TPSA) is 49.4 Å². The molecule has 1 N–H and O–H groups in total. The van der Waals surface area contributed by atoms with Gasteiger partial charge in [0.1, 0.15) is 0 Å². The van der Waals surface area contributed by atoms with Gasteiger partial charge < -0.3 is 5.32 Å². The lowest BCUT2D eigenvalue weighted by atomic mass is 9.90. The van der Waals surface area contributed by atoms with Gasteiger partial charge in [-0.2, -0.15) is 4.31 Å². The van der Waals surface area contributed by atoms with E-state index in [4.69, 9.17) is 0 Å². The minimum absolute atomic E-state index is 0. The van der Waals surface area contributed by atoms with Crippen LogP contribution in [0.15, 0.2) is 60.7 Å². The summed E-state index contributed by atoms with van der Waals surface area (Å²) < 4.78 is 28.0. The van der Waals surface area contributed by atoms with Gasteiger partial charge in [-0.15, -0.1) is 12.4 Å². The molecule has 2 aliphatic heterocycles. The number of fused-ring (bicyclic) bond motifs is 1. The lowest BCUT2D eigenvalue weighted by Crippen LogP contribution is -2.35. The maximum absolute atomic E-state index is 13.1. The summed E-state index contributed by atoms with van der Waals surface area (Å²) in [5.74, 6) is 0.836. The number of hydrogen-bond acceptors (Lipinski definition) is 3. The summed E-state index contributed by atoms with van der Waals surface area (Å²) in [5, 5.41) is 3.42. The predicted octanol–water partition coefficient (Wildman–Crippen LogP) is 2.83. The van der Waals surface area contributed by atoms with Crippen LogP contribution in [0.25, 0.3) is 0 Å². The van der Waals surface area contributed by atoms with Crippen LogP contribution >= 0.6 is 12.4 Å². The summed E-state index contributed by atoms with van der Waals surface area (Å²) in [6.45, 7) is 2.42. The molecule has 2 saturated heterocycles. The lowest BCUT2D eigenvalue weighted by Gasteiger charge is -2.27. The normalized spacial score (nSPS) is 26.2. The molecule has 6 heteroatoms. The zero-order chi connectivity index (χ0) is 16.6. The number of hydrogen-bond donors (Lipinski definition) is 1. The van der Waals surface area contributed by atoms with E-state index in [2.05, 4.69) is 17.4 Å². The van der Waals surface area contributed by atoms with Crippen LogP contribution in [0.5, 0.6) is 0 Å². The molecule has 0 saturated carbocycles. The van der Waals surface area contributed by atoms with Crippen molar-refractivity contribution in [1.29, 1.82) is 0 Å². The Bertz CT molecular complexity index is 799. The monoisotopic (exact) mass is 378 g/mol. The van der Waals surface area contributed by atoms with E-state index in [1.54, 1.807) is 4.31 Å². The molecule has 2 heterocycles. The molecule has 2 aromatic rings. The molecule has 0 radical (unpaired) electrons. The molecule has 0 aromatic heterocycles. The van der Waals surface area contributed by atoms with Crippen molar-refractivity contribution in [2.75, 3.05) is 19.6 Å². The molecule has 134 valence electrons. The van der Waals surface area contributed by atoms with Gasteiger partial charge in [0.25, 0.3) is 0 Å². The van der Waals surface area contributed by atoms with Crippen molar-refractivity contribution in [2.45, 2.75) is 11.8 Å². The van der Waals surface area contributed by atoms with Gasteiger partial charge >= 0.3 is 0 Å². The van der Waals surface area contributed by atoms with Gasteiger partial charge in [0.15, 0.2) is 0 Å². The molecule has 0 aliphatic carbocycles. The third-order valence-electron chi connectivity index (χ3n) is 5.21. The fourth-order valence-electron chi connectivity index (χ4n) is 4.10. The molecule has 3 atom stereocenters. The zero-order valence-corrected chi connectivity index (χ0v) is 15.5. The second-order valence-corrected chi connectivity index (χ2v) is 8.67. The molecule has 25 heavy (non-hydrogen) atoms. The van der Waals surface area contributed by atoms with Gasteiger partial charge in [-0.3, -0.25) is 0 Å². The van der Waals surface area contributed by atoms with E-state index in [0.717, 1.165) is 24.2 Å². The molecule has 0 unspecified atom stereocenters. The third kappa shape index (κ3) is 3.60. The maximum Gasteiger partial charge on any atom is 0.218 e. The van der Waals surface area contributed by atoms with Gasteiger partial charge in [0.05, 0.1) is 11.8 Å². The fourth-order valence-corrected chi connectivity index (χ4v) is 5.92. The van der Waals surface area contributed by atoms with Gasteiger partial charge in [0.2, 0.25) is 10.0 Å². The average Bonchev–Trinajstić information content (AvgIpc) is 3.17. The van der Waals surface area contributed by atoms with Gasteiger partial charge in [-0.25, -0.2) is 8.42 Å². The number of nitrogens with zero attached hydrogens (tertiary/aromatic N) is 1. The molecule has 0 spiro atoms. The predicted molar refractivity (Wildman–Crippen MR) is 102 cm³/mol. The molecular weight excluding hydrogens is 356 g/mol. The zero-order valence-electron chi connectivity index (χ0n) is 13.9. The van der Waals surface area contributed by atoms with Gasteiger partial charge in [0, 0.05) is 13.1 Å². The van der Waals surface area contributed by atoms with E-state index in [9.17, 15) is 8.42 Å². The first kappa shape index (κ1) is 18.4. The SMILES string of the molecule is Cl.O=S(=O)(Cc1ccccc1)N1C[C@@H]2CNC[C@@H]2[C@@H]1c1ccccc1. The Hall–Kier alpha value is -1.40. The quantitative estimate of drug-likeness (QED) is 0.890. The first-order valence-corrected chi connectivity index (χ1v) is 10.1. The largest absolute Gasteiger partial charge is 0.316 e. The Morgan fingerprint density at radius 3 is 2.28 bits per heavy atom. The number of benzene rings is 2. The van der Waals surface area contributed by atoms with Crippen molar-refractivity contribution >= 4 is 22.4 Å². The summed E-state index contributed by atoms with van der Waals surface area (Å²) >= 11 is 0. The van der Waals surface area contributed by atoms with Crippen LogP contribution in [0.1, 0.15) is 17.2 Å². The Kier molecular flexibility index (Phi) is 5.49. The van der Waals surface area contributed by atoms with Crippen LogP contribution in [0.2, 0.25) is 0 Å². The highest BCUT2D eigenvalue weighted by Crippen LogP contribution is 2.44. The van der Waals surface area contributed by atoms with E-state index in [-0.39, 0.29) is 24.2 Å². The summed E-state index contributed by atoms with van der Waals surface area (Å²) in [6, 6.07) is 19.5. The minimum Gasteiger partial charge on any atom is -0.316 e. The van der Waals surface area contributed by atoms with E-state index in [0.29, 0.717) is 18.4 Å². The standard InChI is InChI=1S/C19H22N2O2S.ClH/c22-24(23,14-15-7-3-1-4-8-15)21-13-17-11-20-12-18(17)19(21)16-9-5-2-6-10-16;/h1-10,17-20H,11-14H2;1H/t17-,18-,19-;/m0./s1. The smallest absolute Gasteiger partial charge is 0.218 e. The fraction of sp³-hybridized carbons (Fsp3) is 0.368. The third-order valence-corrected chi connectivity index (χ3v) is 7.00. The highest BCUT2D eigenvalue weighted by atomic mass is 35.5. The van der Waals surface area contributed by atoms with E-state index in [1.807, 2.05) is 48.5 Å². The lowest BCUT2D eigenvalue weighted by molar-refractivity contribution is 0.345. The Labute approximate surface area is 155 Å². The van der Waals surface area contributed by atoms with Gasteiger partial charge in [-0.05, 0) is 29.5 Å². The summed E-state index contributed by atoms with van der Waals surface area (Å²) in [5.41, 5.74) is 1.95. The van der Waals surface area contributed by atoms with Crippen molar-refractivity contribution in [3.05, 3.63) is 71.8 Å². The molecule has 0 amide bonds. The van der Waals surface area contributed by atoms with E-state index in [1.165, 1.54) is 0 Å². The molecule has 2 fully saturated rings. The van der Waals surface area contributed by atoms with Crippen LogP contribution in [0.3, 0.4) is 0 Å². The molecule has 4 nitrogen and oxygen atoms in total. The van der Waals surface area contributed by atoms with E-state index >= 15 is 0 Å². The van der Waals surface area contributed by atoms with Crippen LogP contribution in [-0.2, 0) is 15.8 Å². The first-order valence-electron chi connectivity index (χ1n) is 8.44. The Balaban J connectivity index is 0.00000182. The number of rotatable bonds is 4. The first-order chi connectivity index (χ1) is 11.6. The van der Waals surface area contributed by atoms with Crippen LogP contribution < -0.4 is 5.32 Å². The van der Waals surface area contributed by atoms with E-state index < -0.39 is 10.0 Å². The molecule has 2 aromatic carbocycles. The van der Waals surface area contributed by atoms with Crippen LogP contribution in [0, 0.1) is 11.8 Å². The second-order valence-electron chi connectivity index (χ2n) is 6.75. The van der Waals surface area contributed by atoms with Crippen LogP contribution in [-0.4, -0.2) is 32.4 Å². The summed E-state index contributed by atoms with van der Waals surface area (Å²) in [6.07, 6.45) is 0. The van der Waals surface area contributed by atoms with Crippen molar-refractivity contribution in [1.82, 2.24) is 9.62 Å². The Morgan fingerprint density at radius 2 is 1.60 bits per heavy atom.